The lowest BCUT2D eigenvalue weighted by molar-refractivity contribution is -0.136. The number of halogens is 5. The average molecular weight is 320 g/mol. The monoisotopic (exact) mass is 319 g/mol. The second-order valence-electron chi connectivity index (χ2n) is 4.30. The molecular weight excluding hydrogens is 310 g/mol. The first-order valence-electron chi connectivity index (χ1n) is 5.75. The molecule has 2 rings (SSSR count). The summed E-state index contributed by atoms with van der Waals surface area (Å²) in [5.41, 5.74) is 4.46. The first-order valence-corrected chi connectivity index (χ1v) is 6.12. The van der Waals surface area contributed by atoms with Crippen molar-refractivity contribution in [1.29, 1.82) is 0 Å². The predicted molar refractivity (Wildman–Crippen MR) is 73.1 cm³/mol. The molecule has 1 heterocycles. The number of benzene rings is 1. The summed E-state index contributed by atoms with van der Waals surface area (Å²) in [6.07, 6.45) is -4.60. The Labute approximate surface area is 122 Å². The smallest absolute Gasteiger partial charge is 0.381 e. The number of aromatic nitrogens is 1. The third-order valence-corrected chi connectivity index (χ3v) is 2.99. The van der Waals surface area contributed by atoms with E-state index in [9.17, 15) is 17.6 Å². The van der Waals surface area contributed by atoms with Gasteiger partial charge in [0.2, 0.25) is 0 Å². The van der Waals surface area contributed by atoms with E-state index in [-0.39, 0.29) is 27.9 Å². The molecule has 0 bridgehead atoms. The number of pyridine rings is 1. The highest BCUT2D eigenvalue weighted by atomic mass is 35.5. The van der Waals surface area contributed by atoms with Crippen LogP contribution >= 0.6 is 11.6 Å². The van der Waals surface area contributed by atoms with Gasteiger partial charge in [-0.3, -0.25) is 0 Å². The highest BCUT2D eigenvalue weighted by Gasteiger charge is 2.34. The molecule has 3 N–H and O–H groups in total. The largest absolute Gasteiger partial charge is 0.418 e. The van der Waals surface area contributed by atoms with Gasteiger partial charge in [-0.1, -0.05) is 11.6 Å². The van der Waals surface area contributed by atoms with Crippen LogP contribution in [0.4, 0.5) is 34.8 Å². The van der Waals surface area contributed by atoms with Crippen LogP contribution in [0.15, 0.2) is 24.3 Å². The Kier molecular flexibility index (Phi) is 3.95. The molecule has 1 aromatic carbocycles. The van der Waals surface area contributed by atoms with Crippen LogP contribution < -0.4 is 11.1 Å². The Bertz CT molecular complexity index is 686. The van der Waals surface area contributed by atoms with Crippen LogP contribution in [-0.4, -0.2) is 4.98 Å². The third-order valence-electron chi connectivity index (χ3n) is 2.75. The van der Waals surface area contributed by atoms with Crippen LogP contribution in [0.5, 0.6) is 0 Å². The van der Waals surface area contributed by atoms with Crippen LogP contribution in [0.2, 0.25) is 5.02 Å². The molecule has 8 heteroatoms. The molecule has 0 spiro atoms. The maximum Gasteiger partial charge on any atom is 0.418 e. The van der Waals surface area contributed by atoms with Crippen molar-refractivity contribution in [1.82, 2.24) is 4.98 Å². The van der Waals surface area contributed by atoms with Gasteiger partial charge in [0.1, 0.15) is 0 Å². The molecule has 0 aliphatic heterocycles. The zero-order valence-corrected chi connectivity index (χ0v) is 11.5. The fourth-order valence-electron chi connectivity index (χ4n) is 1.73. The highest BCUT2D eigenvalue weighted by molar-refractivity contribution is 6.30. The summed E-state index contributed by atoms with van der Waals surface area (Å²) in [5.74, 6) is -1.13. The normalized spacial score (nSPS) is 11.5. The number of hydrogen-bond acceptors (Lipinski definition) is 3. The molecule has 2 aromatic rings. The minimum atomic E-state index is -4.60. The molecule has 0 saturated carbocycles. The second kappa shape index (κ2) is 5.40. The van der Waals surface area contributed by atoms with Gasteiger partial charge in [0.15, 0.2) is 11.6 Å². The summed E-state index contributed by atoms with van der Waals surface area (Å²) < 4.78 is 52.3. The Balaban J connectivity index is 2.47. The van der Waals surface area contributed by atoms with Crippen LogP contribution in [0.1, 0.15) is 11.3 Å². The van der Waals surface area contributed by atoms with Crippen molar-refractivity contribution >= 4 is 28.8 Å². The van der Waals surface area contributed by atoms with E-state index >= 15 is 0 Å². The van der Waals surface area contributed by atoms with Gasteiger partial charge >= 0.3 is 6.18 Å². The van der Waals surface area contributed by atoms with Gasteiger partial charge in [-0.15, -0.1) is 0 Å². The number of alkyl halides is 3. The molecule has 1 aromatic heterocycles. The molecule has 0 fully saturated rings. The number of hydrogen-bond donors (Lipinski definition) is 2. The van der Waals surface area contributed by atoms with Gasteiger partial charge in [0.05, 0.1) is 22.6 Å². The predicted octanol–water partition coefficient (Wildman–Crippen LogP) is 4.53. The van der Waals surface area contributed by atoms with E-state index < -0.39 is 17.6 Å². The summed E-state index contributed by atoms with van der Waals surface area (Å²) in [6.45, 7) is 1.50. The minimum absolute atomic E-state index is 0.0498. The lowest BCUT2D eigenvalue weighted by Gasteiger charge is -2.16. The summed E-state index contributed by atoms with van der Waals surface area (Å²) >= 11 is 5.59. The molecule has 0 radical (unpaired) electrons. The van der Waals surface area contributed by atoms with E-state index in [1.165, 1.54) is 19.1 Å². The summed E-state index contributed by atoms with van der Waals surface area (Å²) in [7, 11) is 0. The quantitative estimate of drug-likeness (QED) is 0.800. The van der Waals surface area contributed by atoms with Crippen molar-refractivity contribution in [3.8, 4) is 0 Å². The van der Waals surface area contributed by atoms with Gasteiger partial charge in [0.25, 0.3) is 0 Å². The molecule has 0 amide bonds. The van der Waals surface area contributed by atoms with Gasteiger partial charge in [0, 0.05) is 11.1 Å². The topological polar surface area (TPSA) is 50.9 Å². The second-order valence-corrected chi connectivity index (χ2v) is 4.74. The SMILES string of the molecule is Cc1nc(N)c(F)cc1Nc1ccc(Cl)cc1C(F)(F)F. The standard InChI is InChI=1S/C13H10ClF4N3/c1-6-11(5-9(15)12(19)20-6)21-10-3-2-7(14)4-8(10)13(16,17)18/h2-5,21H,1H3,(H2,19,20). The number of nitrogens with one attached hydrogen (secondary N) is 1. The Morgan fingerprint density at radius 1 is 1.19 bits per heavy atom. The lowest BCUT2D eigenvalue weighted by Crippen LogP contribution is -2.10. The summed E-state index contributed by atoms with van der Waals surface area (Å²) in [6, 6.07) is 4.25. The number of nitrogens with two attached hydrogens (primary N) is 1. The zero-order valence-electron chi connectivity index (χ0n) is 10.7. The summed E-state index contributed by atoms with van der Waals surface area (Å²) in [5, 5.41) is 2.46. The Morgan fingerprint density at radius 2 is 1.86 bits per heavy atom. The van der Waals surface area contributed by atoms with E-state index in [4.69, 9.17) is 17.3 Å². The molecule has 0 aliphatic rings. The number of anilines is 3. The van der Waals surface area contributed by atoms with Gasteiger partial charge in [-0.25, -0.2) is 9.37 Å². The minimum Gasteiger partial charge on any atom is -0.381 e. The fraction of sp³-hybridized carbons (Fsp3) is 0.154. The lowest BCUT2D eigenvalue weighted by atomic mass is 10.1. The van der Waals surface area contributed by atoms with Crippen molar-refractivity contribution in [3.05, 3.63) is 46.4 Å². The van der Waals surface area contributed by atoms with Crippen LogP contribution in [0, 0.1) is 12.7 Å². The first kappa shape index (κ1) is 15.4. The maximum absolute atomic E-state index is 13.4. The van der Waals surface area contributed by atoms with Crippen LogP contribution in [-0.2, 0) is 6.18 Å². The highest BCUT2D eigenvalue weighted by Crippen LogP contribution is 2.38. The molecule has 0 saturated heterocycles. The summed E-state index contributed by atoms with van der Waals surface area (Å²) in [4.78, 5) is 3.71. The molecule has 21 heavy (non-hydrogen) atoms. The molecule has 0 aliphatic carbocycles. The number of nitrogen functional groups attached to an aromatic ring is 1. The van der Waals surface area contributed by atoms with E-state index in [1.54, 1.807) is 0 Å². The number of aryl methyl sites for hydroxylation is 1. The average Bonchev–Trinajstić information content (AvgIpc) is 2.36. The Morgan fingerprint density at radius 3 is 2.48 bits per heavy atom. The van der Waals surface area contributed by atoms with E-state index in [0.29, 0.717) is 0 Å². The van der Waals surface area contributed by atoms with E-state index in [2.05, 4.69) is 10.3 Å². The zero-order chi connectivity index (χ0) is 15.8. The van der Waals surface area contributed by atoms with E-state index in [0.717, 1.165) is 12.1 Å². The fourth-order valence-corrected chi connectivity index (χ4v) is 1.90. The molecular formula is C13H10ClF4N3. The number of nitrogens with zero attached hydrogens (tertiary/aromatic N) is 1. The first-order chi connectivity index (χ1) is 9.68. The molecule has 112 valence electrons. The van der Waals surface area contributed by atoms with Crippen LogP contribution in [0.25, 0.3) is 0 Å². The van der Waals surface area contributed by atoms with Crippen molar-refractivity contribution < 1.29 is 17.6 Å². The van der Waals surface area contributed by atoms with Crippen LogP contribution in [0.3, 0.4) is 0 Å². The Hall–Kier alpha value is -2.02. The van der Waals surface area contributed by atoms with Crippen molar-refractivity contribution in [2.24, 2.45) is 0 Å². The van der Waals surface area contributed by atoms with Crippen molar-refractivity contribution in [2.45, 2.75) is 13.1 Å². The molecule has 3 nitrogen and oxygen atoms in total. The van der Waals surface area contributed by atoms with Crippen molar-refractivity contribution in [2.75, 3.05) is 11.1 Å². The van der Waals surface area contributed by atoms with Crippen molar-refractivity contribution in [3.63, 3.8) is 0 Å². The van der Waals surface area contributed by atoms with E-state index in [1.807, 2.05) is 0 Å². The molecule has 0 unspecified atom stereocenters. The molecule has 0 atom stereocenters. The van der Waals surface area contributed by atoms with Gasteiger partial charge < -0.3 is 11.1 Å². The third kappa shape index (κ3) is 3.36. The van der Waals surface area contributed by atoms with Gasteiger partial charge in [-0.05, 0) is 25.1 Å². The maximum atomic E-state index is 13.4. The number of rotatable bonds is 2. The van der Waals surface area contributed by atoms with Gasteiger partial charge in [-0.2, -0.15) is 13.2 Å².